The average molecular weight is 268 g/mol. The highest BCUT2D eigenvalue weighted by Gasteiger charge is 2.07. The van der Waals surface area contributed by atoms with Crippen LogP contribution < -0.4 is 11.1 Å². The summed E-state index contributed by atoms with van der Waals surface area (Å²) in [5, 5.41) is 2.50. The molecule has 0 unspecified atom stereocenters. The summed E-state index contributed by atoms with van der Waals surface area (Å²) < 4.78 is 18.7. The molecule has 0 saturated heterocycles. The zero-order chi connectivity index (χ0) is 14.1. The molecule has 0 aliphatic heterocycles. The van der Waals surface area contributed by atoms with Gasteiger partial charge in [-0.2, -0.15) is 0 Å². The quantitative estimate of drug-likeness (QED) is 0.563. The Morgan fingerprint density at radius 2 is 2.11 bits per heavy atom. The number of benzene rings is 1. The second-order valence-electron chi connectivity index (χ2n) is 4.36. The first-order chi connectivity index (χ1) is 9.13. The molecule has 1 aromatic rings. The number of nitrogen functional groups attached to an aromatic ring is 1. The molecule has 0 atom stereocenters. The lowest BCUT2D eigenvalue weighted by molar-refractivity contribution is -0.116. The first-order valence-corrected chi connectivity index (χ1v) is 6.56. The number of unbranched alkanes of at least 4 members (excludes halogenated alkanes) is 1. The Labute approximate surface area is 113 Å². The molecule has 0 radical (unpaired) electrons. The van der Waals surface area contributed by atoms with Gasteiger partial charge in [0.1, 0.15) is 5.82 Å². The molecule has 106 valence electrons. The lowest BCUT2D eigenvalue weighted by atomic mass is 10.2. The number of carbonyl (C=O) groups excluding carboxylic acids is 1. The zero-order valence-corrected chi connectivity index (χ0v) is 11.2. The van der Waals surface area contributed by atoms with Gasteiger partial charge in [0.15, 0.2) is 0 Å². The molecule has 1 amide bonds. The van der Waals surface area contributed by atoms with E-state index in [0.29, 0.717) is 25.1 Å². The largest absolute Gasteiger partial charge is 0.399 e. The van der Waals surface area contributed by atoms with E-state index in [1.165, 1.54) is 18.2 Å². The molecule has 3 N–H and O–H groups in total. The molecular formula is C14H21FN2O2. The van der Waals surface area contributed by atoms with Gasteiger partial charge in [0.05, 0.1) is 5.69 Å². The topological polar surface area (TPSA) is 64.3 Å². The number of nitrogens with two attached hydrogens (primary N) is 1. The number of anilines is 2. The summed E-state index contributed by atoms with van der Waals surface area (Å²) in [5.41, 5.74) is 6.07. The first-order valence-electron chi connectivity index (χ1n) is 6.56. The zero-order valence-electron chi connectivity index (χ0n) is 11.2. The van der Waals surface area contributed by atoms with Gasteiger partial charge in [-0.3, -0.25) is 4.79 Å². The Bertz CT molecular complexity index is 410. The van der Waals surface area contributed by atoms with E-state index in [-0.39, 0.29) is 11.6 Å². The van der Waals surface area contributed by atoms with E-state index >= 15 is 0 Å². The van der Waals surface area contributed by atoms with Gasteiger partial charge >= 0.3 is 0 Å². The van der Waals surface area contributed by atoms with Crippen LogP contribution in [0, 0.1) is 5.82 Å². The van der Waals surface area contributed by atoms with Crippen LogP contribution in [0.5, 0.6) is 0 Å². The molecule has 0 bridgehead atoms. The maximum atomic E-state index is 13.4. The lowest BCUT2D eigenvalue weighted by Gasteiger charge is -2.07. The first kappa shape index (κ1) is 15.4. The molecule has 0 aromatic heterocycles. The van der Waals surface area contributed by atoms with Gasteiger partial charge in [0.2, 0.25) is 5.91 Å². The van der Waals surface area contributed by atoms with Gasteiger partial charge in [-0.15, -0.1) is 0 Å². The monoisotopic (exact) mass is 268 g/mol. The van der Waals surface area contributed by atoms with Crippen LogP contribution >= 0.6 is 0 Å². The van der Waals surface area contributed by atoms with Gasteiger partial charge < -0.3 is 15.8 Å². The number of hydrogen-bond donors (Lipinski definition) is 2. The van der Waals surface area contributed by atoms with Gasteiger partial charge in [0, 0.05) is 25.3 Å². The third-order valence-corrected chi connectivity index (χ3v) is 2.60. The number of ether oxygens (including phenoxy) is 1. The molecular weight excluding hydrogens is 247 g/mol. The van der Waals surface area contributed by atoms with Gasteiger partial charge in [0.25, 0.3) is 0 Å². The summed E-state index contributed by atoms with van der Waals surface area (Å²) in [6.45, 7) is 3.37. The summed E-state index contributed by atoms with van der Waals surface area (Å²) >= 11 is 0. The second-order valence-corrected chi connectivity index (χ2v) is 4.36. The Morgan fingerprint density at radius 1 is 1.37 bits per heavy atom. The standard InChI is InChI=1S/C14H21FN2O2/c1-2-3-8-19-9-4-5-14(18)17-13-10-11(16)6-7-12(13)15/h6-7,10H,2-5,8-9,16H2,1H3,(H,17,18). The van der Waals surface area contributed by atoms with Crippen molar-refractivity contribution < 1.29 is 13.9 Å². The fraction of sp³-hybridized carbons (Fsp3) is 0.500. The van der Waals surface area contributed by atoms with Crippen molar-refractivity contribution in [1.29, 1.82) is 0 Å². The third-order valence-electron chi connectivity index (χ3n) is 2.60. The van der Waals surface area contributed by atoms with Crippen LogP contribution in [0.4, 0.5) is 15.8 Å². The summed E-state index contributed by atoms with van der Waals surface area (Å²) in [7, 11) is 0. The number of halogens is 1. The maximum absolute atomic E-state index is 13.4. The van der Waals surface area contributed by atoms with Crippen molar-refractivity contribution in [2.24, 2.45) is 0 Å². The predicted molar refractivity (Wildman–Crippen MR) is 74.4 cm³/mol. The molecule has 0 heterocycles. The van der Waals surface area contributed by atoms with E-state index in [4.69, 9.17) is 10.5 Å². The fourth-order valence-corrected chi connectivity index (χ4v) is 1.53. The Balaban J connectivity index is 2.25. The highest BCUT2D eigenvalue weighted by Crippen LogP contribution is 2.17. The molecule has 1 aromatic carbocycles. The minimum Gasteiger partial charge on any atom is -0.399 e. The van der Waals surface area contributed by atoms with Crippen LogP contribution in [-0.4, -0.2) is 19.1 Å². The number of rotatable bonds is 8. The summed E-state index contributed by atoms with van der Waals surface area (Å²) in [5.74, 6) is -0.717. The molecule has 0 aliphatic carbocycles. The minimum atomic E-state index is -0.484. The SMILES string of the molecule is CCCCOCCCC(=O)Nc1cc(N)ccc1F. The maximum Gasteiger partial charge on any atom is 0.224 e. The average Bonchev–Trinajstić information content (AvgIpc) is 2.38. The number of amides is 1. The Hall–Kier alpha value is -1.62. The van der Waals surface area contributed by atoms with E-state index < -0.39 is 5.82 Å². The van der Waals surface area contributed by atoms with E-state index in [1.54, 1.807) is 0 Å². The lowest BCUT2D eigenvalue weighted by Crippen LogP contribution is -2.13. The van der Waals surface area contributed by atoms with Gasteiger partial charge in [-0.25, -0.2) is 4.39 Å². The fourth-order valence-electron chi connectivity index (χ4n) is 1.53. The van der Waals surface area contributed by atoms with Crippen molar-refractivity contribution in [3.63, 3.8) is 0 Å². The molecule has 0 aliphatic rings. The van der Waals surface area contributed by atoms with Crippen LogP contribution in [0.1, 0.15) is 32.6 Å². The molecule has 19 heavy (non-hydrogen) atoms. The Kier molecular flexibility index (Phi) is 6.89. The highest BCUT2D eigenvalue weighted by atomic mass is 19.1. The predicted octanol–water partition coefficient (Wildman–Crippen LogP) is 2.94. The molecule has 0 spiro atoms. The third kappa shape index (κ3) is 6.20. The Morgan fingerprint density at radius 3 is 2.84 bits per heavy atom. The summed E-state index contributed by atoms with van der Waals surface area (Å²) in [4.78, 5) is 11.6. The molecule has 1 rings (SSSR count). The van der Waals surface area contributed by atoms with Crippen LogP contribution in [0.2, 0.25) is 0 Å². The highest BCUT2D eigenvalue weighted by molar-refractivity contribution is 5.91. The van der Waals surface area contributed by atoms with Crippen molar-refractivity contribution in [3.05, 3.63) is 24.0 Å². The van der Waals surface area contributed by atoms with Crippen molar-refractivity contribution in [2.75, 3.05) is 24.3 Å². The molecule has 0 fully saturated rings. The van der Waals surface area contributed by atoms with Crippen molar-refractivity contribution in [1.82, 2.24) is 0 Å². The van der Waals surface area contributed by atoms with Crippen molar-refractivity contribution in [2.45, 2.75) is 32.6 Å². The van der Waals surface area contributed by atoms with Gasteiger partial charge in [-0.1, -0.05) is 13.3 Å². The minimum absolute atomic E-state index is 0.122. The number of nitrogens with one attached hydrogen (secondary N) is 1. The number of hydrogen-bond acceptors (Lipinski definition) is 3. The molecule has 0 saturated carbocycles. The van der Waals surface area contributed by atoms with E-state index in [9.17, 15) is 9.18 Å². The molecule has 4 nitrogen and oxygen atoms in total. The van der Waals surface area contributed by atoms with Crippen LogP contribution in [0.25, 0.3) is 0 Å². The van der Waals surface area contributed by atoms with Crippen molar-refractivity contribution >= 4 is 17.3 Å². The van der Waals surface area contributed by atoms with E-state index in [0.717, 1.165) is 19.4 Å². The van der Waals surface area contributed by atoms with Crippen LogP contribution in [-0.2, 0) is 9.53 Å². The van der Waals surface area contributed by atoms with E-state index in [1.807, 2.05) is 0 Å². The van der Waals surface area contributed by atoms with E-state index in [2.05, 4.69) is 12.2 Å². The van der Waals surface area contributed by atoms with Gasteiger partial charge in [-0.05, 0) is 31.0 Å². The number of carbonyl (C=O) groups is 1. The van der Waals surface area contributed by atoms with Crippen molar-refractivity contribution in [3.8, 4) is 0 Å². The van der Waals surface area contributed by atoms with Crippen LogP contribution in [0.15, 0.2) is 18.2 Å². The summed E-state index contributed by atoms with van der Waals surface area (Å²) in [6.07, 6.45) is 3.05. The smallest absolute Gasteiger partial charge is 0.224 e. The molecule has 5 heteroatoms. The second kappa shape index (κ2) is 8.48. The summed E-state index contributed by atoms with van der Waals surface area (Å²) in [6, 6.07) is 4.09. The normalized spacial score (nSPS) is 10.4. The van der Waals surface area contributed by atoms with Crippen LogP contribution in [0.3, 0.4) is 0 Å².